The van der Waals surface area contributed by atoms with Gasteiger partial charge in [0.15, 0.2) is 0 Å². The first kappa shape index (κ1) is 12.8. The van der Waals surface area contributed by atoms with Crippen LogP contribution in [0.15, 0.2) is 48.5 Å². The molecule has 0 aliphatic carbocycles. The Morgan fingerprint density at radius 3 is 2.67 bits per heavy atom. The third kappa shape index (κ3) is 2.39. The normalized spacial score (nSPS) is 21.0. The van der Waals surface area contributed by atoms with Gasteiger partial charge < -0.3 is 10.2 Å². The Kier molecular flexibility index (Phi) is 3.30. The van der Waals surface area contributed by atoms with Gasteiger partial charge in [0.1, 0.15) is 0 Å². The number of para-hydroxylation sites is 2. The molecule has 0 amide bonds. The number of rotatable bonds is 1. The number of hydrogen-bond donors (Lipinski definition) is 1. The number of nitrogens with one attached hydrogen (secondary N) is 1. The highest BCUT2D eigenvalue weighted by atomic mass is 15.2. The molecule has 1 N–H and O–H groups in total. The number of hydrogen-bond acceptors (Lipinski definition) is 2. The number of nitrogens with zero attached hydrogens (tertiary/aromatic N) is 1. The Labute approximate surface area is 126 Å². The third-order valence-corrected chi connectivity index (χ3v) is 4.84. The van der Waals surface area contributed by atoms with Crippen LogP contribution in [-0.4, -0.2) is 19.1 Å². The van der Waals surface area contributed by atoms with Crippen molar-refractivity contribution in [3.8, 4) is 0 Å². The summed E-state index contributed by atoms with van der Waals surface area (Å²) in [6, 6.07) is 18.3. The third-order valence-electron chi connectivity index (χ3n) is 4.84. The fourth-order valence-electron chi connectivity index (χ4n) is 3.74. The molecule has 2 aromatic carbocycles. The zero-order valence-corrected chi connectivity index (χ0v) is 12.4. The van der Waals surface area contributed by atoms with Gasteiger partial charge >= 0.3 is 0 Å². The second-order valence-electron chi connectivity index (χ2n) is 6.18. The Morgan fingerprint density at radius 2 is 1.71 bits per heavy atom. The average molecular weight is 278 g/mol. The van der Waals surface area contributed by atoms with Gasteiger partial charge in [-0.25, -0.2) is 0 Å². The predicted molar refractivity (Wildman–Crippen MR) is 89.1 cm³/mol. The van der Waals surface area contributed by atoms with E-state index in [9.17, 15) is 0 Å². The van der Waals surface area contributed by atoms with Gasteiger partial charge in [0.25, 0.3) is 0 Å². The first-order valence-corrected chi connectivity index (χ1v) is 8.08. The number of anilines is 2. The van der Waals surface area contributed by atoms with E-state index >= 15 is 0 Å². The summed E-state index contributed by atoms with van der Waals surface area (Å²) in [5.41, 5.74) is 5.75. The molecule has 4 rings (SSSR count). The molecule has 2 aliphatic heterocycles. The summed E-state index contributed by atoms with van der Waals surface area (Å²) in [6.45, 7) is 2.23. The maximum absolute atomic E-state index is 3.62. The monoisotopic (exact) mass is 278 g/mol. The minimum atomic E-state index is 0.569. The Morgan fingerprint density at radius 1 is 0.905 bits per heavy atom. The van der Waals surface area contributed by atoms with Crippen LogP contribution in [0.25, 0.3) is 0 Å². The highest BCUT2D eigenvalue weighted by Crippen LogP contribution is 2.31. The Bertz CT molecular complexity index is 635. The molecule has 0 radical (unpaired) electrons. The van der Waals surface area contributed by atoms with Crippen LogP contribution >= 0.6 is 0 Å². The van der Waals surface area contributed by atoms with Crippen molar-refractivity contribution in [3.63, 3.8) is 0 Å². The molecule has 1 unspecified atom stereocenters. The van der Waals surface area contributed by atoms with Crippen LogP contribution in [0.3, 0.4) is 0 Å². The van der Waals surface area contributed by atoms with Crippen molar-refractivity contribution < 1.29 is 0 Å². The second-order valence-corrected chi connectivity index (χ2v) is 6.18. The molecular weight excluding hydrogens is 256 g/mol. The van der Waals surface area contributed by atoms with Crippen LogP contribution in [-0.2, 0) is 12.8 Å². The van der Waals surface area contributed by atoms with E-state index in [1.54, 1.807) is 0 Å². The van der Waals surface area contributed by atoms with Crippen LogP contribution in [0.4, 0.5) is 11.4 Å². The van der Waals surface area contributed by atoms with Gasteiger partial charge in [-0.15, -0.1) is 0 Å². The van der Waals surface area contributed by atoms with Gasteiger partial charge in [-0.2, -0.15) is 0 Å². The molecule has 1 atom stereocenters. The van der Waals surface area contributed by atoms with Crippen molar-refractivity contribution in [2.75, 3.05) is 23.3 Å². The summed E-state index contributed by atoms with van der Waals surface area (Å²) in [5.74, 6) is 0. The smallest absolute Gasteiger partial charge is 0.0503 e. The van der Waals surface area contributed by atoms with Crippen LogP contribution < -0.4 is 10.2 Å². The summed E-state index contributed by atoms with van der Waals surface area (Å²) < 4.78 is 0. The van der Waals surface area contributed by atoms with Crippen molar-refractivity contribution >= 4 is 11.4 Å². The van der Waals surface area contributed by atoms with E-state index in [0.717, 1.165) is 13.0 Å². The lowest BCUT2D eigenvalue weighted by Gasteiger charge is -2.37. The highest BCUT2D eigenvalue weighted by molar-refractivity contribution is 5.59. The van der Waals surface area contributed by atoms with Crippen molar-refractivity contribution in [1.29, 1.82) is 0 Å². The molecule has 0 saturated heterocycles. The van der Waals surface area contributed by atoms with E-state index < -0.39 is 0 Å². The molecule has 2 heterocycles. The molecule has 2 aromatic rings. The molecule has 2 nitrogen and oxygen atoms in total. The van der Waals surface area contributed by atoms with Crippen LogP contribution in [0, 0.1) is 0 Å². The molecule has 0 bridgehead atoms. The lowest BCUT2D eigenvalue weighted by atomic mass is 9.97. The standard InChI is InChI=1S/C19H22N2/c1-3-10-18-16(9-1)13-17(14-20-18)21-12-6-5-8-15-7-2-4-11-19(15)21/h1-4,7,9-11,17,20H,5-6,8,12-14H2. The van der Waals surface area contributed by atoms with Crippen LogP contribution in [0.5, 0.6) is 0 Å². The quantitative estimate of drug-likeness (QED) is 0.852. The number of benzene rings is 2. The van der Waals surface area contributed by atoms with Gasteiger partial charge in [-0.05, 0) is 48.9 Å². The highest BCUT2D eigenvalue weighted by Gasteiger charge is 2.26. The van der Waals surface area contributed by atoms with Crippen molar-refractivity contribution in [2.24, 2.45) is 0 Å². The molecule has 21 heavy (non-hydrogen) atoms. The zero-order valence-electron chi connectivity index (χ0n) is 12.4. The summed E-state index contributed by atoms with van der Waals surface area (Å²) in [6.07, 6.45) is 4.98. The maximum atomic E-state index is 3.62. The van der Waals surface area contributed by atoms with E-state index in [1.165, 1.54) is 48.3 Å². The predicted octanol–water partition coefficient (Wildman–Crippen LogP) is 3.87. The fraction of sp³-hybridized carbons (Fsp3) is 0.368. The van der Waals surface area contributed by atoms with E-state index in [0.29, 0.717) is 6.04 Å². The van der Waals surface area contributed by atoms with Crippen molar-refractivity contribution in [1.82, 2.24) is 0 Å². The van der Waals surface area contributed by atoms with Crippen LogP contribution in [0.2, 0.25) is 0 Å². The van der Waals surface area contributed by atoms with Gasteiger partial charge in [0.2, 0.25) is 0 Å². The van der Waals surface area contributed by atoms with Gasteiger partial charge in [0.05, 0.1) is 6.04 Å². The SMILES string of the molecule is c1ccc2c(c1)CC(N1CCCCc3ccccc31)CN2. The molecule has 0 aromatic heterocycles. The Balaban J connectivity index is 1.65. The van der Waals surface area contributed by atoms with E-state index in [2.05, 4.69) is 58.7 Å². The number of aryl methyl sites for hydroxylation is 1. The topological polar surface area (TPSA) is 15.3 Å². The average Bonchev–Trinajstić information content (AvgIpc) is 2.77. The Hall–Kier alpha value is -1.96. The van der Waals surface area contributed by atoms with Gasteiger partial charge in [-0.3, -0.25) is 0 Å². The lowest BCUT2D eigenvalue weighted by Crippen LogP contribution is -2.44. The molecular formula is C19H22N2. The molecule has 2 heteroatoms. The zero-order chi connectivity index (χ0) is 14.1. The summed E-state index contributed by atoms with van der Waals surface area (Å²) in [7, 11) is 0. The lowest BCUT2D eigenvalue weighted by molar-refractivity contribution is 0.583. The summed E-state index contributed by atoms with van der Waals surface area (Å²) in [5, 5.41) is 3.62. The molecule has 0 fully saturated rings. The maximum Gasteiger partial charge on any atom is 0.0503 e. The summed E-state index contributed by atoms with van der Waals surface area (Å²) >= 11 is 0. The summed E-state index contributed by atoms with van der Waals surface area (Å²) in [4.78, 5) is 2.64. The molecule has 0 saturated carbocycles. The molecule has 108 valence electrons. The minimum absolute atomic E-state index is 0.569. The van der Waals surface area contributed by atoms with Gasteiger partial charge in [-0.1, -0.05) is 36.4 Å². The van der Waals surface area contributed by atoms with Crippen molar-refractivity contribution in [3.05, 3.63) is 59.7 Å². The van der Waals surface area contributed by atoms with Crippen LogP contribution in [0.1, 0.15) is 24.0 Å². The van der Waals surface area contributed by atoms with Gasteiger partial charge in [0, 0.05) is 24.5 Å². The fourth-order valence-corrected chi connectivity index (χ4v) is 3.74. The van der Waals surface area contributed by atoms with E-state index in [-0.39, 0.29) is 0 Å². The van der Waals surface area contributed by atoms with Crippen molar-refractivity contribution in [2.45, 2.75) is 31.7 Å². The minimum Gasteiger partial charge on any atom is -0.383 e. The largest absolute Gasteiger partial charge is 0.383 e. The molecule has 0 spiro atoms. The first-order chi connectivity index (χ1) is 10.4. The van der Waals surface area contributed by atoms with E-state index in [1.807, 2.05) is 0 Å². The first-order valence-electron chi connectivity index (χ1n) is 8.08. The molecule has 2 aliphatic rings. The number of fused-ring (bicyclic) bond motifs is 2. The second kappa shape index (κ2) is 5.44. The van der Waals surface area contributed by atoms with E-state index in [4.69, 9.17) is 0 Å².